The Morgan fingerprint density at radius 2 is 1.00 bits per heavy atom. The Balaban J connectivity index is 0.00000104. The van der Waals surface area contributed by atoms with E-state index in [2.05, 4.69) is 12.1 Å². The number of hydrogen-bond donors (Lipinski definition) is 2. The summed E-state index contributed by atoms with van der Waals surface area (Å²) in [6, 6.07) is 24.4. The van der Waals surface area contributed by atoms with Gasteiger partial charge in [-0.25, -0.2) is 0 Å². The molecule has 0 saturated heterocycles. The topological polar surface area (TPSA) is 40.5 Å². The molecule has 0 aliphatic rings. The summed E-state index contributed by atoms with van der Waals surface area (Å²) in [4.78, 5) is 0. The minimum atomic E-state index is 0. The van der Waals surface area contributed by atoms with Gasteiger partial charge in [-0.3, -0.25) is 0 Å². The van der Waals surface area contributed by atoms with Crippen LogP contribution < -0.4 is 0 Å². The molecule has 0 aromatic heterocycles. The molecule has 4 rings (SSSR count). The van der Waals surface area contributed by atoms with E-state index in [4.69, 9.17) is 0 Å². The molecule has 0 spiro atoms. The van der Waals surface area contributed by atoms with Gasteiger partial charge >= 0.3 is 0 Å². The number of aromatic hydroxyl groups is 2. The van der Waals surface area contributed by atoms with Crippen molar-refractivity contribution in [2.24, 2.45) is 0 Å². The monoisotopic (exact) mass is 564 g/mol. The second-order valence-electron chi connectivity index (χ2n) is 5.29. The Morgan fingerprint density at radius 1 is 0.583 bits per heavy atom. The van der Waals surface area contributed by atoms with E-state index in [9.17, 15) is 10.2 Å². The molecule has 2 nitrogen and oxygen atoms in total. The molecule has 0 atom stereocenters. The van der Waals surface area contributed by atoms with Gasteiger partial charge in [0.05, 0.1) is 0 Å². The second kappa shape index (κ2) is 8.42. The van der Waals surface area contributed by atoms with Crippen LogP contribution in [0.2, 0.25) is 0 Å². The van der Waals surface area contributed by atoms with Gasteiger partial charge in [-0.15, -0.1) is 21.5 Å². The second-order valence-corrected chi connectivity index (χ2v) is 5.29. The van der Waals surface area contributed by atoms with Crippen LogP contribution in [0.4, 0.5) is 0 Å². The summed E-state index contributed by atoms with van der Waals surface area (Å²) < 4.78 is 0. The van der Waals surface area contributed by atoms with Gasteiger partial charge in [0.2, 0.25) is 0 Å². The van der Waals surface area contributed by atoms with Crippen molar-refractivity contribution < 1.29 is 93.7 Å². The molecular formula is C20H12Ce2O2-2. The van der Waals surface area contributed by atoms with Crippen LogP contribution >= 0.6 is 0 Å². The maximum atomic E-state index is 10.3. The number of phenolic OH excluding ortho intramolecular Hbond substituents is 2. The van der Waals surface area contributed by atoms with E-state index < -0.39 is 0 Å². The molecule has 4 heteroatoms. The van der Waals surface area contributed by atoms with Crippen molar-refractivity contribution in [1.29, 1.82) is 0 Å². The van der Waals surface area contributed by atoms with Crippen molar-refractivity contribution in [3.63, 3.8) is 0 Å². The maximum absolute atomic E-state index is 10.3. The first-order valence-corrected chi connectivity index (χ1v) is 6.98. The standard InChI is InChI=1S/C20H12O2.2Ce/c21-19-11-15-7-3-1-5-13(15)9-17(19)18-10-14-6-2-4-8-16(14)12-20(18)22;;/h3-12,21-22H;;/q-2;;. The first-order chi connectivity index (χ1) is 10.7. The Hall–Kier alpha value is -0.247. The third-order valence-electron chi connectivity index (χ3n) is 3.89. The van der Waals surface area contributed by atoms with Crippen molar-refractivity contribution in [2.75, 3.05) is 0 Å². The molecule has 0 saturated carbocycles. The Morgan fingerprint density at radius 3 is 1.42 bits per heavy atom. The molecule has 0 bridgehead atoms. The largest absolute Gasteiger partial charge is 0.507 e. The zero-order valence-electron chi connectivity index (χ0n) is 12.7. The third kappa shape index (κ3) is 3.78. The first-order valence-electron chi connectivity index (χ1n) is 6.98. The van der Waals surface area contributed by atoms with Crippen LogP contribution in [-0.4, -0.2) is 10.2 Å². The van der Waals surface area contributed by atoms with Gasteiger partial charge in [0.25, 0.3) is 0 Å². The van der Waals surface area contributed by atoms with Gasteiger partial charge in [0.15, 0.2) is 0 Å². The molecule has 0 unspecified atom stereocenters. The predicted molar refractivity (Wildman–Crippen MR) is 87.9 cm³/mol. The van der Waals surface area contributed by atoms with E-state index in [0.29, 0.717) is 11.1 Å². The molecule has 0 aliphatic heterocycles. The molecule has 4 aromatic rings. The first kappa shape index (κ1) is 20.1. The fourth-order valence-electron chi connectivity index (χ4n) is 2.76. The fraction of sp³-hybridized carbons (Fsp3) is 0. The smallest absolute Gasteiger partial charge is 0.120 e. The SMILES string of the molecule is Oc1cc2cc[c-]cc2cc1-c1cc2c[c-]ccc2cc1O.[Ce].[Ce]. The Kier molecular flexibility index (Phi) is 7.04. The van der Waals surface area contributed by atoms with Gasteiger partial charge in [-0.1, -0.05) is 12.1 Å². The van der Waals surface area contributed by atoms with E-state index in [-0.39, 0.29) is 95.0 Å². The van der Waals surface area contributed by atoms with Crippen molar-refractivity contribution in [3.05, 3.63) is 72.8 Å². The number of phenols is 2. The molecule has 0 aliphatic carbocycles. The minimum Gasteiger partial charge on any atom is -0.507 e. The molecule has 114 valence electrons. The normalized spacial score (nSPS) is 10.2. The van der Waals surface area contributed by atoms with Crippen molar-refractivity contribution in [3.8, 4) is 22.6 Å². The van der Waals surface area contributed by atoms with Crippen molar-refractivity contribution in [2.45, 2.75) is 0 Å². The molecule has 0 heterocycles. The van der Waals surface area contributed by atoms with Crippen LogP contribution in [0.15, 0.2) is 60.7 Å². The number of hydrogen-bond acceptors (Lipinski definition) is 2. The van der Waals surface area contributed by atoms with Crippen LogP contribution in [0, 0.1) is 95.6 Å². The third-order valence-corrected chi connectivity index (χ3v) is 3.89. The summed E-state index contributed by atoms with van der Waals surface area (Å²) in [6.45, 7) is 0. The van der Waals surface area contributed by atoms with Crippen molar-refractivity contribution >= 4 is 21.5 Å². The average molecular weight is 565 g/mol. The van der Waals surface area contributed by atoms with Crippen LogP contribution in [0.3, 0.4) is 0 Å². The Bertz CT molecular complexity index is 929. The summed E-state index contributed by atoms with van der Waals surface area (Å²) in [5.74, 6) is 0.293. The predicted octanol–water partition coefficient (Wildman–Crippen LogP) is 4.67. The summed E-state index contributed by atoms with van der Waals surface area (Å²) >= 11 is 0. The minimum absolute atomic E-state index is 0. The summed E-state index contributed by atoms with van der Waals surface area (Å²) in [7, 11) is 0. The zero-order chi connectivity index (χ0) is 15.1. The van der Waals surface area contributed by atoms with E-state index in [1.807, 2.05) is 48.5 Å². The van der Waals surface area contributed by atoms with Crippen LogP contribution in [0.25, 0.3) is 32.7 Å². The van der Waals surface area contributed by atoms with Crippen molar-refractivity contribution in [1.82, 2.24) is 0 Å². The number of benzene rings is 4. The van der Waals surface area contributed by atoms with Gasteiger partial charge in [0, 0.05) is 94.6 Å². The maximum Gasteiger partial charge on any atom is 0.120 e. The van der Waals surface area contributed by atoms with E-state index in [1.165, 1.54) is 0 Å². The van der Waals surface area contributed by atoms with E-state index in [1.54, 1.807) is 12.1 Å². The summed E-state index contributed by atoms with van der Waals surface area (Å²) in [5.41, 5.74) is 1.21. The van der Waals surface area contributed by atoms with Crippen LogP contribution in [0.1, 0.15) is 0 Å². The fourth-order valence-corrected chi connectivity index (χ4v) is 2.76. The molecule has 0 fully saturated rings. The van der Waals surface area contributed by atoms with E-state index >= 15 is 0 Å². The summed E-state index contributed by atoms with van der Waals surface area (Å²) in [5, 5.41) is 24.5. The van der Waals surface area contributed by atoms with Crippen LogP contribution in [0.5, 0.6) is 11.5 Å². The van der Waals surface area contributed by atoms with Gasteiger partial charge in [0.1, 0.15) is 11.5 Å². The van der Waals surface area contributed by atoms with Gasteiger partial charge in [-0.05, 0) is 12.1 Å². The van der Waals surface area contributed by atoms with E-state index in [0.717, 1.165) is 21.5 Å². The number of rotatable bonds is 1. The summed E-state index contributed by atoms with van der Waals surface area (Å²) in [6.07, 6.45) is 0. The zero-order valence-corrected chi connectivity index (χ0v) is 18.9. The molecule has 0 radical (unpaired) electrons. The molecule has 24 heavy (non-hydrogen) atoms. The van der Waals surface area contributed by atoms with Crippen LogP contribution in [-0.2, 0) is 0 Å². The van der Waals surface area contributed by atoms with Gasteiger partial charge < -0.3 is 10.2 Å². The average Bonchev–Trinajstić information content (AvgIpc) is 2.54. The Labute approximate surface area is 207 Å². The molecule has 2 N–H and O–H groups in total. The van der Waals surface area contributed by atoms with Gasteiger partial charge in [-0.2, -0.15) is 48.5 Å². The molecule has 4 aromatic carbocycles. The quantitative estimate of drug-likeness (QED) is 0.330. The number of fused-ring (bicyclic) bond motifs is 2. The molecule has 0 amide bonds. The molecular weight excluding hydrogens is 552 g/mol.